The molecule has 0 aliphatic carbocycles. The Bertz CT molecular complexity index is 1140. The maximum atomic E-state index is 13.2. The summed E-state index contributed by atoms with van der Waals surface area (Å²) in [7, 11) is -3.70. The molecule has 1 aromatic carbocycles. The van der Waals surface area contributed by atoms with Crippen molar-refractivity contribution in [3.05, 3.63) is 54.0 Å². The number of benzene rings is 1. The molecule has 0 radical (unpaired) electrons. The van der Waals surface area contributed by atoms with E-state index in [9.17, 15) is 22.9 Å². The van der Waals surface area contributed by atoms with Crippen LogP contribution < -0.4 is 4.90 Å². The molecule has 2 aliphatic rings. The van der Waals surface area contributed by atoms with Gasteiger partial charge in [0.25, 0.3) is 0 Å². The Labute approximate surface area is 193 Å². The zero-order chi connectivity index (χ0) is 23.4. The molecule has 4 rings (SSSR count). The van der Waals surface area contributed by atoms with E-state index in [1.165, 1.54) is 16.4 Å². The largest absolute Gasteiger partial charge is 0.354 e. The second-order valence-electron chi connectivity index (χ2n) is 8.28. The van der Waals surface area contributed by atoms with Crippen LogP contribution in [0.25, 0.3) is 0 Å². The topological polar surface area (TPSA) is 97.6 Å². The number of anilines is 1. The maximum absolute atomic E-state index is 13.2. The van der Waals surface area contributed by atoms with Gasteiger partial charge in [0.2, 0.25) is 15.9 Å². The highest BCUT2D eigenvalue weighted by molar-refractivity contribution is 7.89. The molecule has 0 unspecified atom stereocenters. The Morgan fingerprint density at radius 1 is 1.03 bits per heavy atom. The quantitative estimate of drug-likeness (QED) is 0.678. The minimum atomic E-state index is -3.70. The molecule has 0 spiro atoms. The molecule has 0 bridgehead atoms. The molecule has 0 N–H and O–H groups in total. The monoisotopic (exact) mass is 471 g/mol. The number of hydrogen-bond acceptors (Lipinski definition) is 6. The van der Waals surface area contributed by atoms with Crippen LogP contribution in [0.5, 0.6) is 0 Å². The third-order valence-corrected chi connectivity index (χ3v) is 8.18. The number of nitriles is 1. The third kappa shape index (κ3) is 4.99. The number of piperidine rings is 1. The average molecular weight is 472 g/mol. The molecule has 174 valence electrons. The predicted octanol–water partition coefficient (Wildman–Crippen LogP) is 2.23. The molecule has 33 heavy (non-hydrogen) atoms. The molecular formula is C23H26FN5O3S. The van der Waals surface area contributed by atoms with Crippen LogP contribution in [0.3, 0.4) is 0 Å². The number of halogens is 1. The molecule has 0 atom stereocenters. The fourth-order valence-electron chi connectivity index (χ4n) is 4.44. The first-order valence-electron chi connectivity index (χ1n) is 11.0. The van der Waals surface area contributed by atoms with Crippen LogP contribution in [0.2, 0.25) is 0 Å². The van der Waals surface area contributed by atoms with E-state index in [4.69, 9.17) is 0 Å². The van der Waals surface area contributed by atoms with Gasteiger partial charge in [-0.3, -0.25) is 4.79 Å². The average Bonchev–Trinajstić information content (AvgIpc) is 3.10. The van der Waals surface area contributed by atoms with Gasteiger partial charge in [-0.15, -0.1) is 0 Å². The minimum absolute atomic E-state index is 0.0530. The molecule has 2 fully saturated rings. The number of nitrogens with zero attached hydrogens (tertiary/aromatic N) is 5. The standard InChI is InChI=1S/C23H26FN5O3S/c24-20-4-6-21(7-5-20)33(31,32)29-13-8-18(9-14-29)23(30)28-12-2-11-27(15-16-28)22-19(17-25)3-1-10-26-22/h1,3-7,10,18H,2,8-9,11-16H2. The van der Waals surface area contributed by atoms with Crippen LogP contribution in [0.4, 0.5) is 10.2 Å². The first-order chi connectivity index (χ1) is 15.9. The Morgan fingerprint density at radius 3 is 2.45 bits per heavy atom. The SMILES string of the molecule is N#Cc1cccnc1N1CCCN(C(=O)C2CCN(S(=O)(=O)c3ccc(F)cc3)CC2)CC1. The number of amides is 1. The summed E-state index contributed by atoms with van der Waals surface area (Å²) in [6.07, 6.45) is 3.35. The molecule has 1 amide bonds. The van der Waals surface area contributed by atoms with E-state index in [1.54, 1.807) is 18.3 Å². The van der Waals surface area contributed by atoms with Gasteiger partial charge >= 0.3 is 0 Å². The Morgan fingerprint density at radius 2 is 1.76 bits per heavy atom. The van der Waals surface area contributed by atoms with Gasteiger partial charge in [-0.05, 0) is 55.7 Å². The van der Waals surface area contributed by atoms with E-state index in [0.717, 1.165) is 18.6 Å². The summed E-state index contributed by atoms with van der Waals surface area (Å²) >= 11 is 0. The third-order valence-electron chi connectivity index (χ3n) is 6.27. The van der Waals surface area contributed by atoms with Crippen LogP contribution in [0.1, 0.15) is 24.8 Å². The lowest BCUT2D eigenvalue weighted by Gasteiger charge is -2.33. The zero-order valence-corrected chi connectivity index (χ0v) is 19.0. The number of aromatic nitrogens is 1. The van der Waals surface area contributed by atoms with Gasteiger partial charge in [0.15, 0.2) is 0 Å². The van der Waals surface area contributed by atoms with Crippen molar-refractivity contribution in [3.8, 4) is 6.07 Å². The summed E-state index contributed by atoms with van der Waals surface area (Å²) in [6.45, 7) is 2.98. The lowest BCUT2D eigenvalue weighted by molar-refractivity contribution is -0.136. The number of hydrogen-bond donors (Lipinski definition) is 0. The summed E-state index contributed by atoms with van der Waals surface area (Å²) in [5.74, 6) is -0.00674. The van der Waals surface area contributed by atoms with E-state index >= 15 is 0 Å². The van der Waals surface area contributed by atoms with Gasteiger partial charge in [0.1, 0.15) is 17.7 Å². The number of sulfonamides is 1. The van der Waals surface area contributed by atoms with Gasteiger partial charge in [-0.25, -0.2) is 17.8 Å². The van der Waals surface area contributed by atoms with Crippen LogP contribution >= 0.6 is 0 Å². The molecular weight excluding hydrogens is 445 g/mol. The summed E-state index contributed by atoms with van der Waals surface area (Å²) in [6, 6.07) is 10.5. The Hall–Kier alpha value is -3.03. The number of rotatable bonds is 4. The fraction of sp³-hybridized carbons (Fsp3) is 0.435. The van der Waals surface area contributed by atoms with Crippen molar-refractivity contribution in [3.63, 3.8) is 0 Å². The number of carbonyl (C=O) groups excluding carboxylic acids is 1. The second-order valence-corrected chi connectivity index (χ2v) is 10.2. The van der Waals surface area contributed by atoms with Crippen molar-refractivity contribution in [1.82, 2.24) is 14.2 Å². The molecule has 2 aliphatic heterocycles. The second kappa shape index (κ2) is 9.85. The summed E-state index contributed by atoms with van der Waals surface area (Å²) < 4.78 is 40.2. The Balaban J connectivity index is 1.35. The summed E-state index contributed by atoms with van der Waals surface area (Å²) in [5, 5.41) is 9.35. The van der Waals surface area contributed by atoms with Crippen molar-refractivity contribution in [2.45, 2.75) is 24.2 Å². The lowest BCUT2D eigenvalue weighted by Crippen LogP contribution is -2.45. The van der Waals surface area contributed by atoms with E-state index in [-0.39, 0.29) is 29.8 Å². The molecule has 10 heteroatoms. The van der Waals surface area contributed by atoms with E-state index < -0.39 is 15.8 Å². The first kappa shape index (κ1) is 23.1. The highest BCUT2D eigenvalue weighted by Gasteiger charge is 2.34. The van der Waals surface area contributed by atoms with Crippen molar-refractivity contribution >= 4 is 21.7 Å². The van der Waals surface area contributed by atoms with E-state index in [0.29, 0.717) is 50.4 Å². The number of pyridine rings is 1. The molecule has 8 nitrogen and oxygen atoms in total. The molecule has 2 aromatic rings. The van der Waals surface area contributed by atoms with Crippen LogP contribution in [0, 0.1) is 23.1 Å². The normalized spacial score (nSPS) is 18.5. The summed E-state index contributed by atoms with van der Waals surface area (Å²) in [4.78, 5) is 21.5. The molecule has 3 heterocycles. The lowest BCUT2D eigenvalue weighted by atomic mass is 9.96. The van der Waals surface area contributed by atoms with Gasteiger partial charge in [0, 0.05) is 51.4 Å². The van der Waals surface area contributed by atoms with Crippen molar-refractivity contribution in [2.75, 3.05) is 44.2 Å². The Kier molecular flexibility index (Phi) is 6.91. The number of carbonyl (C=O) groups is 1. The smallest absolute Gasteiger partial charge is 0.243 e. The minimum Gasteiger partial charge on any atom is -0.354 e. The zero-order valence-electron chi connectivity index (χ0n) is 18.2. The molecule has 1 aromatic heterocycles. The fourth-order valence-corrected chi connectivity index (χ4v) is 5.91. The van der Waals surface area contributed by atoms with Crippen molar-refractivity contribution in [1.29, 1.82) is 5.26 Å². The highest BCUT2D eigenvalue weighted by Crippen LogP contribution is 2.26. The van der Waals surface area contributed by atoms with Crippen LogP contribution in [-0.2, 0) is 14.8 Å². The maximum Gasteiger partial charge on any atom is 0.243 e. The van der Waals surface area contributed by atoms with Gasteiger partial charge in [-0.2, -0.15) is 9.57 Å². The summed E-state index contributed by atoms with van der Waals surface area (Å²) in [5.41, 5.74) is 0.520. The van der Waals surface area contributed by atoms with Gasteiger partial charge < -0.3 is 9.80 Å². The predicted molar refractivity (Wildman–Crippen MR) is 120 cm³/mol. The van der Waals surface area contributed by atoms with E-state index in [1.807, 2.05) is 9.80 Å². The van der Waals surface area contributed by atoms with Crippen molar-refractivity contribution < 1.29 is 17.6 Å². The van der Waals surface area contributed by atoms with Crippen LogP contribution in [-0.4, -0.2) is 67.8 Å². The van der Waals surface area contributed by atoms with Gasteiger partial charge in [-0.1, -0.05) is 0 Å². The highest BCUT2D eigenvalue weighted by atomic mass is 32.2. The van der Waals surface area contributed by atoms with Crippen LogP contribution in [0.15, 0.2) is 47.5 Å². The van der Waals surface area contributed by atoms with E-state index in [2.05, 4.69) is 11.1 Å². The molecule has 2 saturated heterocycles. The van der Waals surface area contributed by atoms with Crippen molar-refractivity contribution in [2.24, 2.45) is 5.92 Å². The molecule has 0 saturated carbocycles. The first-order valence-corrected chi connectivity index (χ1v) is 12.5. The van der Waals surface area contributed by atoms with Gasteiger partial charge in [0.05, 0.1) is 10.5 Å².